The van der Waals surface area contributed by atoms with Crippen LogP contribution < -0.4 is 10.2 Å². The van der Waals surface area contributed by atoms with Gasteiger partial charge in [-0.25, -0.2) is 0 Å². The summed E-state index contributed by atoms with van der Waals surface area (Å²) in [5.74, 6) is 0. The van der Waals surface area contributed by atoms with Gasteiger partial charge in [0.05, 0.1) is 0 Å². The van der Waals surface area contributed by atoms with E-state index in [0.717, 1.165) is 26.2 Å². The van der Waals surface area contributed by atoms with E-state index in [9.17, 15) is 0 Å². The summed E-state index contributed by atoms with van der Waals surface area (Å²) in [5, 5.41) is 3.46. The van der Waals surface area contributed by atoms with E-state index in [-0.39, 0.29) is 0 Å². The zero-order chi connectivity index (χ0) is 13.1. The van der Waals surface area contributed by atoms with Crippen molar-refractivity contribution in [3.8, 4) is 0 Å². The quantitative estimate of drug-likeness (QED) is 0.922. The molecule has 1 saturated heterocycles. The number of likely N-dealkylation sites (N-methyl/N-ethyl adjacent to an activating group) is 2. The molecule has 18 heavy (non-hydrogen) atoms. The Hall–Kier alpha value is -0.580. The molecule has 1 aliphatic heterocycles. The molecule has 1 aliphatic rings. The Morgan fingerprint density at radius 3 is 2.94 bits per heavy atom. The molecule has 0 radical (unpaired) electrons. The first-order valence-corrected chi connectivity index (χ1v) is 7.25. The van der Waals surface area contributed by atoms with Crippen molar-refractivity contribution < 1.29 is 0 Å². The van der Waals surface area contributed by atoms with Gasteiger partial charge in [0.1, 0.15) is 0 Å². The number of halogens is 1. The van der Waals surface area contributed by atoms with Crippen LogP contribution in [-0.2, 0) is 0 Å². The van der Waals surface area contributed by atoms with Gasteiger partial charge in [-0.05, 0) is 31.7 Å². The fourth-order valence-electron chi connectivity index (χ4n) is 2.31. The van der Waals surface area contributed by atoms with Crippen molar-refractivity contribution in [3.05, 3.63) is 28.2 Å². The van der Waals surface area contributed by atoms with Gasteiger partial charge in [0, 0.05) is 49.4 Å². The Kier molecular flexibility index (Phi) is 4.65. The molecule has 1 heterocycles. The lowest BCUT2D eigenvalue weighted by Crippen LogP contribution is -2.53. The molecule has 1 N–H and O–H groups in total. The number of nitrogens with one attached hydrogen (secondary N) is 1. The molecule has 1 aromatic rings. The van der Waals surface area contributed by atoms with Crippen LogP contribution in [0.4, 0.5) is 5.69 Å². The summed E-state index contributed by atoms with van der Waals surface area (Å²) in [6.07, 6.45) is 0. The van der Waals surface area contributed by atoms with Crippen LogP contribution in [-0.4, -0.2) is 51.2 Å². The maximum absolute atomic E-state index is 3.60. The van der Waals surface area contributed by atoms with E-state index in [0.29, 0.717) is 6.04 Å². The number of benzene rings is 1. The third kappa shape index (κ3) is 3.25. The molecule has 1 unspecified atom stereocenters. The Bertz CT molecular complexity index is 408. The summed E-state index contributed by atoms with van der Waals surface area (Å²) >= 11 is 3.60. The van der Waals surface area contributed by atoms with E-state index in [1.54, 1.807) is 0 Å². The molecule has 1 atom stereocenters. The molecule has 0 spiro atoms. The third-order valence-electron chi connectivity index (χ3n) is 3.73. The van der Waals surface area contributed by atoms with Gasteiger partial charge >= 0.3 is 0 Å². The molecule has 1 aromatic carbocycles. The van der Waals surface area contributed by atoms with E-state index in [2.05, 4.69) is 70.3 Å². The number of anilines is 1. The summed E-state index contributed by atoms with van der Waals surface area (Å²) in [6.45, 7) is 6.49. The summed E-state index contributed by atoms with van der Waals surface area (Å²) in [7, 11) is 4.38. The normalized spacial score (nSPS) is 21.0. The molecular weight excluding hydrogens is 290 g/mol. The van der Waals surface area contributed by atoms with Crippen LogP contribution in [0.2, 0.25) is 0 Å². The Morgan fingerprint density at radius 1 is 1.50 bits per heavy atom. The highest BCUT2D eigenvalue weighted by atomic mass is 79.9. The molecule has 100 valence electrons. The van der Waals surface area contributed by atoms with Gasteiger partial charge in [-0.2, -0.15) is 0 Å². The first-order chi connectivity index (χ1) is 8.58. The lowest BCUT2D eigenvalue weighted by atomic mass is 10.1. The van der Waals surface area contributed by atoms with Crippen molar-refractivity contribution in [1.29, 1.82) is 0 Å². The number of hydrogen-bond acceptors (Lipinski definition) is 3. The molecule has 0 aromatic heterocycles. The van der Waals surface area contributed by atoms with Crippen LogP contribution in [0.15, 0.2) is 22.7 Å². The van der Waals surface area contributed by atoms with Crippen molar-refractivity contribution in [3.63, 3.8) is 0 Å². The smallest absolute Gasteiger partial charge is 0.0393 e. The zero-order valence-electron chi connectivity index (χ0n) is 11.4. The molecule has 0 aliphatic carbocycles. The predicted molar refractivity (Wildman–Crippen MR) is 81.4 cm³/mol. The van der Waals surface area contributed by atoms with Gasteiger partial charge in [0.2, 0.25) is 0 Å². The van der Waals surface area contributed by atoms with Crippen molar-refractivity contribution in [2.24, 2.45) is 0 Å². The minimum atomic E-state index is 0.587. The van der Waals surface area contributed by atoms with Crippen LogP contribution in [0, 0.1) is 6.92 Å². The van der Waals surface area contributed by atoms with E-state index in [1.165, 1.54) is 15.7 Å². The minimum Gasteiger partial charge on any atom is -0.373 e. The SMILES string of the molecule is Cc1ccc(N(C)CC2CNCCN2C)cc1Br. The highest BCUT2D eigenvalue weighted by molar-refractivity contribution is 9.10. The molecule has 2 rings (SSSR count). The number of hydrogen-bond donors (Lipinski definition) is 1. The summed E-state index contributed by atoms with van der Waals surface area (Å²) < 4.78 is 1.18. The second-order valence-electron chi connectivity index (χ2n) is 5.15. The second kappa shape index (κ2) is 6.04. The Balaban J connectivity index is 2.02. The van der Waals surface area contributed by atoms with Crippen molar-refractivity contribution in [2.75, 3.05) is 45.2 Å². The summed E-state index contributed by atoms with van der Waals surface area (Å²) in [4.78, 5) is 4.77. The second-order valence-corrected chi connectivity index (χ2v) is 6.01. The van der Waals surface area contributed by atoms with E-state index >= 15 is 0 Å². The molecule has 0 amide bonds. The predicted octanol–water partition coefficient (Wildman–Crippen LogP) is 2.10. The lowest BCUT2D eigenvalue weighted by Gasteiger charge is -2.36. The summed E-state index contributed by atoms with van der Waals surface area (Å²) in [6, 6.07) is 7.14. The van der Waals surface area contributed by atoms with Gasteiger partial charge in [0.15, 0.2) is 0 Å². The van der Waals surface area contributed by atoms with Crippen LogP contribution in [0.3, 0.4) is 0 Å². The Morgan fingerprint density at radius 2 is 2.28 bits per heavy atom. The van der Waals surface area contributed by atoms with Gasteiger partial charge < -0.3 is 10.2 Å². The Labute approximate surface area is 118 Å². The lowest BCUT2D eigenvalue weighted by molar-refractivity contribution is 0.204. The first-order valence-electron chi connectivity index (χ1n) is 6.46. The van der Waals surface area contributed by atoms with Gasteiger partial charge in [0.25, 0.3) is 0 Å². The molecule has 1 fully saturated rings. The molecular formula is C14H22BrN3. The average molecular weight is 312 g/mol. The van der Waals surface area contributed by atoms with E-state index in [1.807, 2.05) is 0 Å². The average Bonchev–Trinajstić information content (AvgIpc) is 2.35. The number of nitrogens with zero attached hydrogens (tertiary/aromatic N) is 2. The van der Waals surface area contributed by atoms with Crippen molar-refractivity contribution in [1.82, 2.24) is 10.2 Å². The zero-order valence-corrected chi connectivity index (χ0v) is 13.0. The standard InChI is InChI=1S/C14H22BrN3/c1-11-4-5-12(8-14(11)15)18(3)10-13-9-16-6-7-17(13)2/h4-5,8,13,16H,6-7,9-10H2,1-3H3. The first kappa shape index (κ1) is 13.8. The molecule has 3 nitrogen and oxygen atoms in total. The molecule has 0 saturated carbocycles. The van der Waals surface area contributed by atoms with E-state index in [4.69, 9.17) is 0 Å². The fraction of sp³-hybridized carbons (Fsp3) is 0.571. The maximum Gasteiger partial charge on any atom is 0.0393 e. The van der Waals surface area contributed by atoms with Gasteiger partial charge in [-0.3, -0.25) is 4.90 Å². The van der Waals surface area contributed by atoms with Gasteiger partial charge in [-0.1, -0.05) is 22.0 Å². The molecule has 4 heteroatoms. The molecule has 0 bridgehead atoms. The van der Waals surface area contributed by atoms with Crippen LogP contribution in [0.1, 0.15) is 5.56 Å². The van der Waals surface area contributed by atoms with Crippen LogP contribution >= 0.6 is 15.9 Å². The monoisotopic (exact) mass is 311 g/mol. The topological polar surface area (TPSA) is 18.5 Å². The van der Waals surface area contributed by atoms with Crippen molar-refractivity contribution >= 4 is 21.6 Å². The summed E-state index contributed by atoms with van der Waals surface area (Å²) in [5.41, 5.74) is 2.55. The highest BCUT2D eigenvalue weighted by Gasteiger charge is 2.20. The number of piperazine rings is 1. The number of rotatable bonds is 3. The third-order valence-corrected chi connectivity index (χ3v) is 4.58. The van der Waals surface area contributed by atoms with Crippen LogP contribution in [0.5, 0.6) is 0 Å². The van der Waals surface area contributed by atoms with Crippen molar-refractivity contribution in [2.45, 2.75) is 13.0 Å². The highest BCUT2D eigenvalue weighted by Crippen LogP contribution is 2.23. The maximum atomic E-state index is 3.60. The van der Waals surface area contributed by atoms with E-state index < -0.39 is 0 Å². The largest absolute Gasteiger partial charge is 0.373 e. The number of aryl methyl sites for hydroxylation is 1. The van der Waals surface area contributed by atoms with Crippen LogP contribution in [0.25, 0.3) is 0 Å². The minimum absolute atomic E-state index is 0.587. The fourth-order valence-corrected chi connectivity index (χ4v) is 2.67. The van der Waals surface area contributed by atoms with Gasteiger partial charge in [-0.15, -0.1) is 0 Å².